The Kier molecular flexibility index (Phi) is 6.82. The van der Waals surface area contributed by atoms with E-state index in [1.807, 2.05) is 17.5 Å². The lowest BCUT2D eigenvalue weighted by Crippen LogP contribution is -2.32. The predicted molar refractivity (Wildman–Crippen MR) is 120 cm³/mol. The lowest BCUT2D eigenvalue weighted by Gasteiger charge is -2.21. The highest BCUT2D eigenvalue weighted by atomic mass is 32.2. The van der Waals surface area contributed by atoms with Crippen LogP contribution in [0.15, 0.2) is 40.6 Å². The van der Waals surface area contributed by atoms with Crippen molar-refractivity contribution in [3.63, 3.8) is 0 Å². The van der Waals surface area contributed by atoms with E-state index in [4.69, 9.17) is 4.74 Å². The van der Waals surface area contributed by atoms with Crippen LogP contribution in [-0.4, -0.2) is 59.0 Å². The van der Waals surface area contributed by atoms with Crippen molar-refractivity contribution in [2.24, 2.45) is 0 Å². The summed E-state index contributed by atoms with van der Waals surface area (Å²) in [5.41, 5.74) is 0.270. The zero-order chi connectivity index (χ0) is 22.6. The molecule has 1 fully saturated rings. The maximum atomic E-state index is 13.1. The molecule has 0 spiro atoms. The number of nitrogens with one attached hydrogen (secondary N) is 1. The lowest BCUT2D eigenvalue weighted by atomic mass is 10.2. The highest BCUT2D eigenvalue weighted by molar-refractivity contribution is 7.89. The normalized spacial score (nSPS) is 15.3. The fourth-order valence-corrected chi connectivity index (χ4v) is 5.70. The second-order valence-electron chi connectivity index (χ2n) is 7.35. The molecule has 1 amide bonds. The maximum absolute atomic E-state index is 13.1. The molecule has 1 saturated heterocycles. The van der Waals surface area contributed by atoms with E-state index in [9.17, 15) is 13.2 Å². The second kappa shape index (κ2) is 9.76. The summed E-state index contributed by atoms with van der Waals surface area (Å²) in [5, 5.41) is 16.7. The third-order valence-electron chi connectivity index (χ3n) is 5.13. The number of anilines is 1. The Labute approximate surface area is 190 Å². The zero-order valence-electron chi connectivity index (χ0n) is 17.6. The zero-order valence-corrected chi connectivity index (χ0v) is 19.2. The summed E-state index contributed by atoms with van der Waals surface area (Å²) in [5.74, 6) is 0.373. The van der Waals surface area contributed by atoms with Gasteiger partial charge in [0, 0.05) is 13.1 Å². The van der Waals surface area contributed by atoms with Crippen LogP contribution in [0.4, 0.5) is 5.69 Å². The molecular weight excluding hydrogens is 452 g/mol. The number of ether oxygens (including phenoxy) is 1. The molecule has 1 aliphatic rings. The van der Waals surface area contributed by atoms with Gasteiger partial charge in [0.2, 0.25) is 21.8 Å². The Morgan fingerprint density at radius 1 is 1.19 bits per heavy atom. The summed E-state index contributed by atoms with van der Waals surface area (Å²) in [4.78, 5) is 14.8. The first kappa shape index (κ1) is 22.4. The van der Waals surface area contributed by atoms with Crippen molar-refractivity contribution in [3.8, 4) is 16.5 Å². The van der Waals surface area contributed by atoms with Gasteiger partial charge in [0.25, 0.3) is 0 Å². The van der Waals surface area contributed by atoms with Crippen molar-refractivity contribution in [1.82, 2.24) is 24.5 Å². The lowest BCUT2D eigenvalue weighted by molar-refractivity contribution is -0.117. The van der Waals surface area contributed by atoms with Gasteiger partial charge >= 0.3 is 0 Å². The molecule has 4 rings (SSSR count). The first-order valence-corrected chi connectivity index (χ1v) is 12.6. The first-order chi connectivity index (χ1) is 15.5. The number of amides is 1. The van der Waals surface area contributed by atoms with Crippen molar-refractivity contribution < 1.29 is 17.9 Å². The number of sulfonamides is 1. The number of nitrogens with zero attached hydrogens (tertiary/aromatic N) is 5. The van der Waals surface area contributed by atoms with Crippen LogP contribution in [0.1, 0.15) is 25.7 Å². The van der Waals surface area contributed by atoms with Crippen molar-refractivity contribution in [2.45, 2.75) is 37.1 Å². The molecular formula is C20H24N6O4S2. The van der Waals surface area contributed by atoms with Gasteiger partial charge in [-0.25, -0.2) is 8.42 Å². The molecule has 1 aromatic carbocycles. The Morgan fingerprint density at radius 3 is 2.66 bits per heavy atom. The van der Waals surface area contributed by atoms with Crippen LogP contribution >= 0.6 is 11.3 Å². The number of carbonyl (C=O) groups excluding carboxylic acids is 1. The third kappa shape index (κ3) is 4.97. The van der Waals surface area contributed by atoms with Crippen LogP contribution in [0.25, 0.3) is 10.7 Å². The molecule has 1 aliphatic heterocycles. The number of aromatic nitrogens is 4. The van der Waals surface area contributed by atoms with Gasteiger partial charge < -0.3 is 10.1 Å². The van der Waals surface area contributed by atoms with E-state index in [-0.39, 0.29) is 17.1 Å². The van der Waals surface area contributed by atoms with Gasteiger partial charge in [-0.2, -0.15) is 9.10 Å². The number of tetrazole rings is 1. The fourth-order valence-electron chi connectivity index (χ4n) is 3.51. The van der Waals surface area contributed by atoms with Crippen molar-refractivity contribution in [2.75, 3.05) is 25.5 Å². The van der Waals surface area contributed by atoms with Gasteiger partial charge in [-0.3, -0.25) is 4.79 Å². The minimum absolute atomic E-state index is 0.120. The topological polar surface area (TPSA) is 119 Å². The van der Waals surface area contributed by atoms with Crippen LogP contribution in [0.2, 0.25) is 0 Å². The van der Waals surface area contributed by atoms with Gasteiger partial charge in [-0.1, -0.05) is 18.9 Å². The monoisotopic (exact) mass is 476 g/mol. The number of hydrogen-bond donors (Lipinski definition) is 1. The number of thiophene rings is 1. The number of methoxy groups -OCH3 is 1. The van der Waals surface area contributed by atoms with E-state index < -0.39 is 15.9 Å². The summed E-state index contributed by atoms with van der Waals surface area (Å²) < 4.78 is 33.1. The van der Waals surface area contributed by atoms with Crippen molar-refractivity contribution in [3.05, 3.63) is 35.7 Å². The molecule has 0 aliphatic carbocycles. The average Bonchev–Trinajstić information content (AvgIpc) is 3.39. The van der Waals surface area contributed by atoms with Crippen LogP contribution in [0.3, 0.4) is 0 Å². The van der Waals surface area contributed by atoms with Gasteiger partial charge in [0.1, 0.15) is 12.3 Å². The smallest absolute Gasteiger partial charge is 0.248 e. The van der Waals surface area contributed by atoms with E-state index in [1.54, 1.807) is 6.07 Å². The fraction of sp³-hybridized carbons (Fsp3) is 0.400. The first-order valence-electron chi connectivity index (χ1n) is 10.3. The van der Waals surface area contributed by atoms with Crippen LogP contribution in [-0.2, 0) is 21.4 Å². The number of carbonyl (C=O) groups is 1. The number of hydrogen-bond acceptors (Lipinski definition) is 8. The SMILES string of the molecule is COc1ccc(S(=O)(=O)N2CCCCCC2)cc1NC(=O)Cn1nnc(-c2cccs2)n1. The highest BCUT2D eigenvalue weighted by Crippen LogP contribution is 2.30. The van der Waals surface area contributed by atoms with Crippen molar-refractivity contribution >= 4 is 33.0 Å². The van der Waals surface area contributed by atoms with E-state index in [1.165, 1.54) is 39.7 Å². The van der Waals surface area contributed by atoms with E-state index in [2.05, 4.69) is 20.7 Å². The van der Waals surface area contributed by atoms with Crippen LogP contribution in [0.5, 0.6) is 5.75 Å². The summed E-state index contributed by atoms with van der Waals surface area (Å²) >= 11 is 1.48. The standard InChI is InChI=1S/C20H24N6O4S2/c1-30-17-9-8-15(32(28,29)25-10-4-2-3-5-11-25)13-16(17)21-19(27)14-26-23-20(22-24-26)18-7-6-12-31-18/h6-9,12-13H,2-5,10-11,14H2,1H3,(H,21,27). The summed E-state index contributed by atoms with van der Waals surface area (Å²) in [6.45, 7) is 0.825. The minimum atomic E-state index is -3.66. The van der Waals surface area contributed by atoms with Gasteiger partial charge in [0.15, 0.2) is 0 Å². The molecule has 10 nitrogen and oxygen atoms in total. The highest BCUT2D eigenvalue weighted by Gasteiger charge is 2.26. The summed E-state index contributed by atoms with van der Waals surface area (Å²) in [6.07, 6.45) is 3.75. The van der Waals surface area contributed by atoms with Gasteiger partial charge in [0.05, 0.1) is 22.6 Å². The maximum Gasteiger partial charge on any atom is 0.248 e. The molecule has 32 heavy (non-hydrogen) atoms. The molecule has 170 valence electrons. The summed E-state index contributed by atoms with van der Waals surface area (Å²) in [7, 11) is -2.20. The Morgan fingerprint density at radius 2 is 1.97 bits per heavy atom. The second-order valence-corrected chi connectivity index (χ2v) is 10.2. The number of rotatable bonds is 7. The molecule has 0 atom stereocenters. The average molecular weight is 477 g/mol. The van der Waals surface area contributed by atoms with Crippen LogP contribution < -0.4 is 10.1 Å². The molecule has 2 aromatic heterocycles. The van der Waals surface area contributed by atoms with Crippen LogP contribution in [0, 0.1) is 0 Å². The molecule has 3 aromatic rings. The molecule has 12 heteroatoms. The Balaban J connectivity index is 1.50. The van der Waals surface area contributed by atoms with Crippen molar-refractivity contribution in [1.29, 1.82) is 0 Å². The van der Waals surface area contributed by atoms with E-state index in [0.29, 0.717) is 24.7 Å². The quantitative estimate of drug-likeness (QED) is 0.557. The largest absolute Gasteiger partial charge is 0.495 e. The van der Waals surface area contributed by atoms with Gasteiger partial charge in [-0.15, -0.1) is 21.5 Å². The van der Waals surface area contributed by atoms with E-state index >= 15 is 0 Å². The molecule has 1 N–H and O–H groups in total. The summed E-state index contributed by atoms with van der Waals surface area (Å²) in [6, 6.07) is 8.23. The van der Waals surface area contributed by atoms with Gasteiger partial charge in [-0.05, 0) is 47.7 Å². The number of benzene rings is 1. The molecule has 0 saturated carbocycles. The Bertz CT molecular complexity index is 1170. The molecule has 0 bridgehead atoms. The minimum Gasteiger partial charge on any atom is -0.495 e. The third-order valence-corrected chi connectivity index (χ3v) is 7.89. The molecule has 0 unspecified atom stereocenters. The predicted octanol–water partition coefficient (Wildman–Crippen LogP) is 2.61. The Hall–Kier alpha value is -2.83. The van der Waals surface area contributed by atoms with E-state index in [0.717, 1.165) is 30.6 Å². The molecule has 0 radical (unpaired) electrons. The molecule has 3 heterocycles.